The summed E-state index contributed by atoms with van der Waals surface area (Å²) in [5.41, 5.74) is 2.98. The van der Waals surface area contributed by atoms with E-state index in [9.17, 15) is 18.9 Å². The highest BCUT2D eigenvalue weighted by atomic mass is 35.5. The number of aromatic nitrogens is 4. The van der Waals surface area contributed by atoms with E-state index in [4.69, 9.17) is 30.2 Å². The molecule has 46 heavy (non-hydrogen) atoms. The van der Waals surface area contributed by atoms with Crippen molar-refractivity contribution < 1.29 is 22.1 Å². The van der Waals surface area contributed by atoms with Crippen molar-refractivity contribution in [2.45, 2.75) is 31.5 Å². The van der Waals surface area contributed by atoms with Gasteiger partial charge in [-0.3, -0.25) is 4.18 Å². The second kappa shape index (κ2) is 13.0. The van der Waals surface area contributed by atoms with Crippen LogP contribution >= 0.6 is 11.6 Å². The molecule has 0 bridgehead atoms. The van der Waals surface area contributed by atoms with Gasteiger partial charge in [0.1, 0.15) is 11.8 Å². The molecule has 14 nitrogen and oxygen atoms in total. The van der Waals surface area contributed by atoms with Crippen LogP contribution in [0.4, 0.5) is 23.1 Å². The van der Waals surface area contributed by atoms with E-state index in [1.165, 1.54) is 10.7 Å². The van der Waals surface area contributed by atoms with Gasteiger partial charge in [-0.15, -0.1) is 5.10 Å². The van der Waals surface area contributed by atoms with Gasteiger partial charge in [-0.25, -0.2) is 4.98 Å². The number of nitriles is 2. The Bertz CT molecular complexity index is 1950. The number of hydrogen-bond donors (Lipinski definition) is 1. The van der Waals surface area contributed by atoms with E-state index in [1.54, 1.807) is 19.2 Å². The number of imidazole rings is 1. The molecular weight excluding hydrogens is 634 g/mol. The number of halogens is 1. The quantitative estimate of drug-likeness (QED) is 0.231. The van der Waals surface area contributed by atoms with Crippen molar-refractivity contribution >= 4 is 50.5 Å². The Morgan fingerprint density at radius 3 is 2.65 bits per heavy atom. The van der Waals surface area contributed by atoms with Crippen molar-refractivity contribution in [1.29, 1.82) is 10.5 Å². The number of nitrogens with zero attached hydrogens (tertiary/aromatic N) is 8. The van der Waals surface area contributed by atoms with E-state index in [2.05, 4.69) is 32.4 Å². The molecule has 238 valence electrons. The highest BCUT2D eigenvalue weighted by Crippen LogP contribution is 2.38. The summed E-state index contributed by atoms with van der Waals surface area (Å²) >= 11 is 6.94. The van der Waals surface area contributed by atoms with E-state index < -0.39 is 16.2 Å². The SMILES string of the molecule is COc1ccc(CN(c2nc(Nc3cc(C#N)cc(N4CCOC(COS(C)(=O)=O)C4)c3Cl)nn3c(C#N)cnc23)C2CC2)cc1. The largest absolute Gasteiger partial charge is 0.497 e. The molecule has 4 aromatic rings. The van der Waals surface area contributed by atoms with Gasteiger partial charge in [0.25, 0.3) is 10.1 Å². The zero-order valence-electron chi connectivity index (χ0n) is 25.1. The van der Waals surface area contributed by atoms with Crippen molar-refractivity contribution in [1.82, 2.24) is 19.6 Å². The Kier molecular flexibility index (Phi) is 8.84. The van der Waals surface area contributed by atoms with Gasteiger partial charge in [0, 0.05) is 25.7 Å². The molecule has 16 heteroatoms. The standard InChI is InChI=1S/C30H30ClN9O5S/c1-43-23-7-3-19(4-8-23)16-39(21-5-6-21)29-28-34-15-22(14-33)40(28)37-30(36-29)35-25-11-20(13-32)12-26(27(25)31)38-9-10-44-24(17-38)18-45-46(2,41)42/h3-4,7-8,11-12,15,21,24H,5-6,9-10,16-18H2,1-2H3,(H,35,37). The summed E-state index contributed by atoms with van der Waals surface area (Å²) in [7, 11) is -2.02. The number of fused-ring (bicyclic) bond motifs is 1. The van der Waals surface area contributed by atoms with Crippen LogP contribution in [0.2, 0.25) is 5.02 Å². The predicted octanol–water partition coefficient (Wildman–Crippen LogP) is 3.62. The van der Waals surface area contributed by atoms with Crippen molar-refractivity contribution in [3.05, 3.63) is 64.4 Å². The second-order valence-electron chi connectivity index (χ2n) is 11.0. The maximum Gasteiger partial charge on any atom is 0.264 e. The fraction of sp³-hybridized carbons (Fsp3) is 0.367. The van der Waals surface area contributed by atoms with Crippen molar-refractivity contribution in [3.8, 4) is 17.9 Å². The molecule has 1 atom stereocenters. The molecule has 1 saturated heterocycles. The van der Waals surface area contributed by atoms with Crippen molar-refractivity contribution in [3.63, 3.8) is 0 Å². The van der Waals surface area contributed by atoms with Gasteiger partial charge in [-0.1, -0.05) is 23.7 Å². The molecule has 6 rings (SSSR count). The van der Waals surface area contributed by atoms with Crippen LogP contribution in [0, 0.1) is 22.7 Å². The third-order valence-electron chi connectivity index (χ3n) is 7.61. The Labute approximate surface area is 270 Å². The van der Waals surface area contributed by atoms with Crippen molar-refractivity contribution in [2.24, 2.45) is 0 Å². The molecule has 0 radical (unpaired) electrons. The van der Waals surface area contributed by atoms with E-state index in [1.807, 2.05) is 29.2 Å². The Morgan fingerprint density at radius 2 is 1.98 bits per heavy atom. The van der Waals surface area contributed by atoms with Gasteiger partial charge in [0.2, 0.25) is 5.95 Å². The Hall–Kier alpha value is -4.67. The van der Waals surface area contributed by atoms with Gasteiger partial charge < -0.3 is 24.6 Å². The normalized spacial score (nSPS) is 16.5. The average Bonchev–Trinajstić information content (AvgIpc) is 3.82. The van der Waals surface area contributed by atoms with E-state index in [0.29, 0.717) is 59.7 Å². The van der Waals surface area contributed by atoms with E-state index in [0.717, 1.165) is 30.4 Å². The smallest absolute Gasteiger partial charge is 0.264 e. The molecule has 0 spiro atoms. The minimum Gasteiger partial charge on any atom is -0.497 e. The molecule has 0 amide bonds. The summed E-state index contributed by atoms with van der Waals surface area (Å²) in [5, 5.41) is 27.7. The monoisotopic (exact) mass is 663 g/mol. The first-order valence-corrected chi connectivity index (χ1v) is 16.6. The van der Waals surface area contributed by atoms with Crippen LogP contribution in [-0.4, -0.2) is 79.8 Å². The molecule has 1 unspecified atom stereocenters. The summed E-state index contributed by atoms with van der Waals surface area (Å²) in [4.78, 5) is 13.4. The first-order valence-electron chi connectivity index (χ1n) is 14.4. The number of rotatable bonds is 11. The predicted molar refractivity (Wildman–Crippen MR) is 170 cm³/mol. The summed E-state index contributed by atoms with van der Waals surface area (Å²) in [6.07, 6.45) is 3.88. The zero-order chi connectivity index (χ0) is 32.4. The third kappa shape index (κ3) is 6.93. The molecule has 1 aliphatic carbocycles. The number of ether oxygens (including phenoxy) is 2. The summed E-state index contributed by atoms with van der Waals surface area (Å²) in [5.74, 6) is 1.46. The van der Waals surface area contributed by atoms with E-state index >= 15 is 0 Å². The lowest BCUT2D eigenvalue weighted by molar-refractivity contribution is 0.0120. The Morgan fingerprint density at radius 1 is 1.20 bits per heavy atom. The highest BCUT2D eigenvalue weighted by Gasteiger charge is 2.33. The molecule has 1 aliphatic heterocycles. The summed E-state index contributed by atoms with van der Waals surface area (Å²) in [6.45, 7) is 1.45. The molecule has 1 saturated carbocycles. The number of nitrogens with one attached hydrogen (secondary N) is 1. The van der Waals surface area contributed by atoms with Crippen LogP contribution in [0.25, 0.3) is 5.65 Å². The first kappa shape index (κ1) is 31.3. The maximum atomic E-state index is 11.5. The number of methoxy groups -OCH3 is 1. The van der Waals surface area contributed by atoms with Crippen LogP contribution in [0.5, 0.6) is 5.75 Å². The fourth-order valence-electron chi connectivity index (χ4n) is 5.23. The number of hydrogen-bond acceptors (Lipinski definition) is 13. The average molecular weight is 664 g/mol. The first-order chi connectivity index (χ1) is 22.1. The lowest BCUT2D eigenvalue weighted by atomic mass is 10.1. The van der Waals surface area contributed by atoms with Crippen molar-refractivity contribution in [2.75, 3.05) is 54.8 Å². The summed E-state index contributed by atoms with van der Waals surface area (Å²) in [6, 6.07) is 15.6. The van der Waals surface area contributed by atoms with Crippen LogP contribution < -0.4 is 19.9 Å². The van der Waals surface area contributed by atoms with Gasteiger partial charge in [0.05, 0.1) is 66.9 Å². The summed E-state index contributed by atoms with van der Waals surface area (Å²) < 4.78 is 40.4. The molecule has 2 aromatic carbocycles. The number of morpholine rings is 1. The third-order valence-corrected chi connectivity index (χ3v) is 8.57. The minimum absolute atomic E-state index is 0.146. The number of benzene rings is 2. The zero-order valence-corrected chi connectivity index (χ0v) is 26.6. The second-order valence-corrected chi connectivity index (χ2v) is 13.0. The van der Waals surface area contributed by atoms with Gasteiger partial charge in [0.15, 0.2) is 17.2 Å². The van der Waals surface area contributed by atoms with E-state index in [-0.39, 0.29) is 24.3 Å². The Balaban J connectivity index is 1.35. The molecule has 1 N–H and O–H groups in total. The van der Waals surface area contributed by atoms with Gasteiger partial charge in [-0.2, -0.15) is 28.4 Å². The van der Waals surface area contributed by atoms with Crippen LogP contribution in [0.3, 0.4) is 0 Å². The molecular formula is C30H30ClN9O5S. The topological polar surface area (TPSA) is 171 Å². The molecule has 3 heterocycles. The molecule has 2 aliphatic rings. The molecule has 2 fully saturated rings. The maximum absolute atomic E-state index is 11.5. The van der Waals surface area contributed by atoms with Crippen LogP contribution in [-0.2, 0) is 25.6 Å². The minimum atomic E-state index is -3.64. The molecule has 2 aromatic heterocycles. The number of anilines is 4. The van der Waals surface area contributed by atoms with Crippen LogP contribution in [0.15, 0.2) is 42.6 Å². The van der Waals surface area contributed by atoms with Crippen LogP contribution in [0.1, 0.15) is 29.7 Å². The van der Waals surface area contributed by atoms with Gasteiger partial charge in [-0.05, 0) is 42.7 Å². The fourth-order valence-corrected chi connectivity index (χ4v) is 5.91. The van der Waals surface area contributed by atoms with Gasteiger partial charge >= 0.3 is 0 Å². The lowest BCUT2D eigenvalue weighted by Gasteiger charge is -2.35. The lowest BCUT2D eigenvalue weighted by Crippen LogP contribution is -2.45. The highest BCUT2D eigenvalue weighted by molar-refractivity contribution is 7.85.